The summed E-state index contributed by atoms with van der Waals surface area (Å²) in [6.45, 7) is 0. The van der Waals surface area contributed by atoms with Crippen molar-refractivity contribution in [1.82, 2.24) is 5.32 Å². The van der Waals surface area contributed by atoms with Crippen LogP contribution >= 0.6 is 11.6 Å². The molecular formula is C22H13ClF3N3O4. The number of carbonyl (C=O) groups excluding carboxylic acids is 3. The normalized spacial score (nSPS) is 12.7. The monoisotopic (exact) mass is 475 g/mol. The van der Waals surface area contributed by atoms with Crippen LogP contribution in [0.1, 0.15) is 31.1 Å². The van der Waals surface area contributed by atoms with Gasteiger partial charge in [-0.25, -0.2) is 0 Å². The second-order valence-corrected chi connectivity index (χ2v) is 7.30. The quantitative estimate of drug-likeness (QED) is 0.445. The van der Waals surface area contributed by atoms with Crippen LogP contribution in [0.3, 0.4) is 0 Å². The van der Waals surface area contributed by atoms with E-state index in [0.717, 1.165) is 12.1 Å². The largest absolute Gasteiger partial charge is 0.573 e. The molecule has 4 rings (SSSR count). The van der Waals surface area contributed by atoms with E-state index in [0.29, 0.717) is 17.1 Å². The van der Waals surface area contributed by atoms with Gasteiger partial charge in [0.05, 0.1) is 21.8 Å². The average molecular weight is 476 g/mol. The second-order valence-electron chi connectivity index (χ2n) is 6.90. The summed E-state index contributed by atoms with van der Waals surface area (Å²) in [7, 11) is 0. The number of imide groups is 1. The zero-order valence-electron chi connectivity index (χ0n) is 16.4. The van der Waals surface area contributed by atoms with Crippen LogP contribution in [-0.2, 0) is 0 Å². The van der Waals surface area contributed by atoms with Gasteiger partial charge in [0, 0.05) is 16.9 Å². The predicted octanol–water partition coefficient (Wildman–Crippen LogP) is 5.12. The molecule has 0 radical (unpaired) electrons. The predicted molar refractivity (Wildman–Crippen MR) is 114 cm³/mol. The molecule has 0 aromatic heterocycles. The Labute approximate surface area is 189 Å². The minimum atomic E-state index is -4.87. The molecule has 33 heavy (non-hydrogen) atoms. The Balaban J connectivity index is 1.51. The maximum absolute atomic E-state index is 12.5. The van der Waals surface area contributed by atoms with Crippen LogP contribution in [0.15, 0.2) is 60.7 Å². The smallest absolute Gasteiger partial charge is 0.406 e. The Morgan fingerprint density at radius 3 is 2.30 bits per heavy atom. The molecule has 0 unspecified atom stereocenters. The van der Waals surface area contributed by atoms with Crippen molar-refractivity contribution in [2.24, 2.45) is 0 Å². The summed E-state index contributed by atoms with van der Waals surface area (Å²) in [5.74, 6) is -2.23. The number of carbonyl (C=O) groups is 3. The Morgan fingerprint density at radius 2 is 1.58 bits per heavy atom. The van der Waals surface area contributed by atoms with E-state index in [2.05, 4.69) is 20.7 Å². The zero-order valence-corrected chi connectivity index (χ0v) is 17.2. The highest BCUT2D eigenvalue weighted by atomic mass is 35.5. The molecule has 1 aliphatic rings. The highest BCUT2D eigenvalue weighted by Crippen LogP contribution is 2.32. The maximum atomic E-state index is 12.5. The van der Waals surface area contributed by atoms with Gasteiger partial charge in [-0.3, -0.25) is 19.7 Å². The molecule has 0 bridgehead atoms. The SMILES string of the molecule is O=C(Nc1cccc(Nc2cc3c(cc2Cl)C(=O)NC3=O)c1)c1cccc(OC(F)(F)F)c1. The first-order chi connectivity index (χ1) is 15.6. The molecule has 7 nitrogen and oxygen atoms in total. The van der Waals surface area contributed by atoms with Gasteiger partial charge in [0.25, 0.3) is 17.7 Å². The average Bonchev–Trinajstić information content (AvgIpc) is 3.00. The minimum Gasteiger partial charge on any atom is -0.406 e. The van der Waals surface area contributed by atoms with E-state index in [1.165, 1.54) is 24.3 Å². The molecule has 1 heterocycles. The number of nitrogens with one attached hydrogen (secondary N) is 3. The lowest BCUT2D eigenvalue weighted by atomic mass is 10.1. The summed E-state index contributed by atoms with van der Waals surface area (Å²) in [5, 5.41) is 7.98. The molecule has 3 N–H and O–H groups in total. The maximum Gasteiger partial charge on any atom is 0.573 e. The fourth-order valence-corrected chi connectivity index (χ4v) is 3.36. The van der Waals surface area contributed by atoms with E-state index in [4.69, 9.17) is 11.6 Å². The Kier molecular flexibility index (Phi) is 5.69. The van der Waals surface area contributed by atoms with Crippen LogP contribution in [0.25, 0.3) is 0 Å². The summed E-state index contributed by atoms with van der Waals surface area (Å²) < 4.78 is 41.1. The molecule has 11 heteroatoms. The van der Waals surface area contributed by atoms with E-state index in [-0.39, 0.29) is 21.7 Å². The van der Waals surface area contributed by atoms with Gasteiger partial charge in [0.15, 0.2) is 0 Å². The number of anilines is 3. The van der Waals surface area contributed by atoms with Gasteiger partial charge in [0.1, 0.15) is 5.75 Å². The standard InChI is InChI=1S/C22H13ClF3N3O4/c23-17-9-15-16(21(32)29-20(15)31)10-18(17)27-12-4-2-5-13(8-12)28-19(30)11-3-1-6-14(7-11)33-22(24,25)26/h1-10,27H,(H,28,30)(H,29,31,32). The van der Waals surface area contributed by atoms with E-state index in [1.54, 1.807) is 24.3 Å². The fraction of sp³-hybridized carbons (Fsp3) is 0.0455. The number of rotatable bonds is 5. The van der Waals surface area contributed by atoms with Crippen LogP contribution in [0.4, 0.5) is 30.2 Å². The van der Waals surface area contributed by atoms with Crippen LogP contribution in [-0.4, -0.2) is 24.1 Å². The molecular weight excluding hydrogens is 463 g/mol. The molecule has 3 aromatic carbocycles. The lowest BCUT2D eigenvalue weighted by Gasteiger charge is -2.12. The molecule has 168 valence electrons. The number of fused-ring (bicyclic) bond motifs is 1. The first kappa shape index (κ1) is 22.2. The second kappa shape index (κ2) is 8.47. The van der Waals surface area contributed by atoms with Crippen molar-refractivity contribution in [3.05, 3.63) is 82.4 Å². The van der Waals surface area contributed by atoms with E-state index in [9.17, 15) is 27.6 Å². The molecule has 0 saturated carbocycles. The van der Waals surface area contributed by atoms with Crippen molar-refractivity contribution in [3.63, 3.8) is 0 Å². The van der Waals surface area contributed by atoms with Crippen molar-refractivity contribution in [2.45, 2.75) is 6.36 Å². The Hall–Kier alpha value is -4.05. The molecule has 3 aromatic rings. The number of hydrogen-bond acceptors (Lipinski definition) is 5. The van der Waals surface area contributed by atoms with E-state index < -0.39 is 29.8 Å². The van der Waals surface area contributed by atoms with Crippen LogP contribution in [0, 0.1) is 0 Å². The molecule has 0 aliphatic carbocycles. The van der Waals surface area contributed by atoms with Crippen molar-refractivity contribution in [3.8, 4) is 5.75 Å². The molecule has 0 spiro atoms. The van der Waals surface area contributed by atoms with Gasteiger partial charge >= 0.3 is 6.36 Å². The van der Waals surface area contributed by atoms with Gasteiger partial charge in [-0.05, 0) is 48.5 Å². The van der Waals surface area contributed by atoms with Gasteiger partial charge in [-0.1, -0.05) is 23.7 Å². The number of hydrogen-bond donors (Lipinski definition) is 3. The number of benzene rings is 3. The summed E-state index contributed by atoms with van der Waals surface area (Å²) >= 11 is 6.22. The van der Waals surface area contributed by atoms with E-state index in [1.807, 2.05) is 0 Å². The van der Waals surface area contributed by atoms with Crippen LogP contribution < -0.4 is 20.7 Å². The third-order valence-corrected chi connectivity index (χ3v) is 4.87. The highest BCUT2D eigenvalue weighted by molar-refractivity contribution is 6.35. The van der Waals surface area contributed by atoms with Crippen molar-refractivity contribution >= 4 is 46.4 Å². The Bertz CT molecular complexity index is 1290. The molecule has 0 fully saturated rings. The number of ether oxygens (including phenoxy) is 1. The van der Waals surface area contributed by atoms with Gasteiger partial charge in [0.2, 0.25) is 0 Å². The van der Waals surface area contributed by atoms with Gasteiger partial charge in [-0.2, -0.15) is 0 Å². The molecule has 3 amide bonds. The lowest BCUT2D eigenvalue weighted by molar-refractivity contribution is -0.274. The third-order valence-electron chi connectivity index (χ3n) is 4.55. The molecule has 0 saturated heterocycles. The first-order valence-electron chi connectivity index (χ1n) is 9.32. The summed E-state index contributed by atoms with van der Waals surface area (Å²) in [6, 6.07) is 13.9. The van der Waals surface area contributed by atoms with E-state index >= 15 is 0 Å². The lowest BCUT2D eigenvalue weighted by Crippen LogP contribution is -2.19. The van der Waals surface area contributed by atoms with Crippen molar-refractivity contribution < 1.29 is 32.3 Å². The fourth-order valence-electron chi connectivity index (χ4n) is 3.15. The first-order valence-corrected chi connectivity index (χ1v) is 9.70. The number of alkyl halides is 3. The topological polar surface area (TPSA) is 96.5 Å². The van der Waals surface area contributed by atoms with Gasteiger partial charge in [-0.15, -0.1) is 13.2 Å². The number of halogens is 4. The summed E-state index contributed by atoms with van der Waals surface area (Å²) in [4.78, 5) is 36.1. The van der Waals surface area contributed by atoms with Crippen LogP contribution in [0.5, 0.6) is 5.75 Å². The Morgan fingerprint density at radius 1 is 0.909 bits per heavy atom. The molecule has 1 aliphatic heterocycles. The summed E-state index contributed by atoms with van der Waals surface area (Å²) in [6.07, 6.45) is -4.87. The number of amides is 3. The zero-order chi connectivity index (χ0) is 23.8. The molecule has 0 atom stereocenters. The van der Waals surface area contributed by atoms with Gasteiger partial charge < -0.3 is 15.4 Å². The minimum absolute atomic E-state index is 0.0348. The van der Waals surface area contributed by atoms with Crippen LogP contribution in [0.2, 0.25) is 5.02 Å². The summed E-state index contributed by atoms with van der Waals surface area (Å²) in [5.41, 5.74) is 1.52. The third kappa shape index (κ3) is 5.07. The van der Waals surface area contributed by atoms with Crippen molar-refractivity contribution in [2.75, 3.05) is 10.6 Å². The highest BCUT2D eigenvalue weighted by Gasteiger charge is 2.31. The van der Waals surface area contributed by atoms with Crippen molar-refractivity contribution in [1.29, 1.82) is 0 Å².